The van der Waals surface area contributed by atoms with Crippen molar-refractivity contribution < 1.29 is 19.4 Å². The molecule has 0 aromatic heterocycles. The van der Waals surface area contributed by atoms with Crippen LogP contribution in [-0.4, -0.2) is 66.3 Å². The molecule has 0 radical (unpaired) electrons. The van der Waals surface area contributed by atoms with Crippen LogP contribution in [0.1, 0.15) is 19.8 Å². The summed E-state index contributed by atoms with van der Waals surface area (Å²) >= 11 is 0. The van der Waals surface area contributed by atoms with Gasteiger partial charge in [-0.1, -0.05) is 6.08 Å². The Hall–Kier alpha value is -1.56. The van der Waals surface area contributed by atoms with Crippen LogP contribution in [-0.2, 0) is 9.53 Å². The van der Waals surface area contributed by atoms with Gasteiger partial charge in [-0.15, -0.1) is 6.58 Å². The van der Waals surface area contributed by atoms with Crippen LogP contribution in [0.15, 0.2) is 12.7 Å². The molecule has 20 heavy (non-hydrogen) atoms. The van der Waals surface area contributed by atoms with Gasteiger partial charge in [0.05, 0.1) is 12.5 Å². The molecule has 2 atom stereocenters. The summed E-state index contributed by atoms with van der Waals surface area (Å²) in [6, 6.07) is -0.134. The molecule has 1 fully saturated rings. The van der Waals surface area contributed by atoms with Gasteiger partial charge in [0.2, 0.25) is 0 Å². The number of likely N-dealkylation sites (tertiary alicyclic amines) is 1. The topological polar surface area (TPSA) is 70.1 Å². The van der Waals surface area contributed by atoms with Gasteiger partial charge in [0, 0.05) is 32.8 Å². The van der Waals surface area contributed by atoms with Crippen molar-refractivity contribution in [2.45, 2.75) is 25.8 Å². The van der Waals surface area contributed by atoms with Crippen molar-refractivity contribution in [1.82, 2.24) is 9.80 Å². The van der Waals surface area contributed by atoms with E-state index < -0.39 is 5.97 Å². The number of carbonyl (C=O) groups excluding carboxylic acids is 1. The average Bonchev–Trinajstić information content (AvgIpc) is 2.42. The number of methoxy groups -OCH3 is 1. The molecule has 0 spiro atoms. The fourth-order valence-electron chi connectivity index (χ4n) is 2.48. The van der Waals surface area contributed by atoms with Crippen LogP contribution < -0.4 is 0 Å². The van der Waals surface area contributed by atoms with Gasteiger partial charge in [-0.3, -0.25) is 4.79 Å². The molecule has 0 aliphatic carbocycles. The molecular formula is C14H24N2O4. The number of ether oxygens (including phenoxy) is 1. The molecule has 0 aromatic rings. The Morgan fingerprint density at radius 3 is 2.75 bits per heavy atom. The molecule has 0 bridgehead atoms. The molecule has 1 heterocycles. The van der Waals surface area contributed by atoms with Crippen molar-refractivity contribution in [3.63, 3.8) is 0 Å². The number of carboxylic acid groups (broad SMARTS) is 1. The second-order valence-electron chi connectivity index (χ2n) is 5.11. The lowest BCUT2D eigenvalue weighted by atomic mass is 9.92. The number of hydrogen-bond donors (Lipinski definition) is 1. The van der Waals surface area contributed by atoms with E-state index in [0.29, 0.717) is 39.1 Å². The van der Waals surface area contributed by atoms with Crippen LogP contribution in [0, 0.1) is 5.92 Å². The number of rotatable bonds is 6. The zero-order valence-corrected chi connectivity index (χ0v) is 12.2. The first kappa shape index (κ1) is 16.5. The number of amides is 2. The third-order valence-corrected chi connectivity index (χ3v) is 3.66. The van der Waals surface area contributed by atoms with Gasteiger partial charge in [0.15, 0.2) is 0 Å². The Morgan fingerprint density at radius 2 is 2.25 bits per heavy atom. The maximum atomic E-state index is 12.5. The lowest BCUT2D eigenvalue weighted by Gasteiger charge is -2.39. The summed E-state index contributed by atoms with van der Waals surface area (Å²) in [6.45, 7) is 7.49. The van der Waals surface area contributed by atoms with Gasteiger partial charge >= 0.3 is 12.0 Å². The molecule has 0 saturated carbocycles. The fraction of sp³-hybridized carbons (Fsp3) is 0.714. The quantitative estimate of drug-likeness (QED) is 0.749. The molecule has 2 amide bonds. The normalized spacial score (nSPS) is 22.4. The number of urea groups is 1. The lowest BCUT2D eigenvalue weighted by Crippen LogP contribution is -2.52. The monoisotopic (exact) mass is 284 g/mol. The van der Waals surface area contributed by atoms with Gasteiger partial charge in [-0.2, -0.15) is 0 Å². The van der Waals surface area contributed by atoms with E-state index in [1.807, 2.05) is 6.92 Å². The van der Waals surface area contributed by atoms with Gasteiger partial charge in [-0.25, -0.2) is 4.79 Å². The predicted octanol–water partition coefficient (Wildman–Crippen LogP) is 1.43. The van der Waals surface area contributed by atoms with Crippen LogP contribution in [0.25, 0.3) is 0 Å². The number of carboxylic acids is 1. The second-order valence-corrected chi connectivity index (χ2v) is 5.11. The van der Waals surface area contributed by atoms with E-state index in [1.165, 1.54) is 0 Å². The first-order valence-electron chi connectivity index (χ1n) is 6.89. The van der Waals surface area contributed by atoms with E-state index in [-0.39, 0.29) is 18.0 Å². The van der Waals surface area contributed by atoms with Crippen LogP contribution >= 0.6 is 0 Å². The number of piperidine rings is 1. The smallest absolute Gasteiger partial charge is 0.320 e. The maximum absolute atomic E-state index is 12.5. The van der Waals surface area contributed by atoms with Gasteiger partial charge in [0.25, 0.3) is 0 Å². The highest BCUT2D eigenvalue weighted by Gasteiger charge is 2.33. The molecule has 1 N–H and O–H groups in total. The molecular weight excluding hydrogens is 260 g/mol. The molecule has 0 aromatic carbocycles. The summed E-state index contributed by atoms with van der Waals surface area (Å²) in [5.74, 6) is -1.12. The van der Waals surface area contributed by atoms with E-state index in [0.717, 1.165) is 0 Å². The minimum Gasteiger partial charge on any atom is -0.481 e. The second kappa shape index (κ2) is 7.89. The fourth-order valence-corrected chi connectivity index (χ4v) is 2.48. The molecule has 6 nitrogen and oxygen atoms in total. The van der Waals surface area contributed by atoms with E-state index in [2.05, 4.69) is 6.58 Å². The zero-order valence-electron chi connectivity index (χ0n) is 12.2. The molecule has 1 rings (SSSR count). The van der Waals surface area contributed by atoms with E-state index in [4.69, 9.17) is 9.84 Å². The highest BCUT2D eigenvalue weighted by atomic mass is 16.5. The van der Waals surface area contributed by atoms with E-state index in [9.17, 15) is 9.59 Å². The van der Waals surface area contributed by atoms with Gasteiger partial charge < -0.3 is 19.6 Å². The Bertz CT molecular complexity index is 359. The van der Waals surface area contributed by atoms with Crippen molar-refractivity contribution in [3.05, 3.63) is 12.7 Å². The highest BCUT2D eigenvalue weighted by Crippen LogP contribution is 2.24. The minimum atomic E-state index is -0.772. The SMILES string of the molecule is C=CCN(CCOC)C(=O)N1CCC(C(=O)O)CC1C. The number of nitrogens with zero attached hydrogens (tertiary/aromatic N) is 2. The average molecular weight is 284 g/mol. The minimum absolute atomic E-state index is 0.0628. The zero-order chi connectivity index (χ0) is 15.1. The highest BCUT2D eigenvalue weighted by molar-refractivity contribution is 5.76. The number of hydrogen-bond acceptors (Lipinski definition) is 3. The summed E-state index contributed by atoms with van der Waals surface area (Å²) in [4.78, 5) is 26.9. The van der Waals surface area contributed by atoms with Gasteiger partial charge in [0.1, 0.15) is 0 Å². The Kier molecular flexibility index (Phi) is 6.51. The standard InChI is InChI=1S/C14H24N2O4/c1-4-6-15(8-9-20-3)14(19)16-7-5-12(13(17)18)10-11(16)2/h4,11-12H,1,5-10H2,2-3H3,(H,17,18). The summed E-state index contributed by atoms with van der Waals surface area (Å²) in [5.41, 5.74) is 0. The summed E-state index contributed by atoms with van der Waals surface area (Å²) in [7, 11) is 1.59. The molecule has 114 valence electrons. The molecule has 1 aliphatic heterocycles. The van der Waals surface area contributed by atoms with E-state index in [1.54, 1.807) is 23.0 Å². The number of aliphatic carboxylic acids is 1. The van der Waals surface area contributed by atoms with Crippen LogP contribution in [0.3, 0.4) is 0 Å². The first-order chi connectivity index (χ1) is 9.51. The Balaban J connectivity index is 2.65. The van der Waals surface area contributed by atoms with Crippen LogP contribution in [0.2, 0.25) is 0 Å². The third kappa shape index (κ3) is 4.23. The van der Waals surface area contributed by atoms with Crippen LogP contribution in [0.5, 0.6) is 0 Å². The Morgan fingerprint density at radius 1 is 1.55 bits per heavy atom. The molecule has 6 heteroatoms. The lowest BCUT2D eigenvalue weighted by molar-refractivity contribution is -0.143. The largest absolute Gasteiger partial charge is 0.481 e. The van der Waals surface area contributed by atoms with Crippen molar-refractivity contribution in [2.75, 3.05) is 33.4 Å². The van der Waals surface area contributed by atoms with Gasteiger partial charge in [-0.05, 0) is 19.8 Å². The van der Waals surface area contributed by atoms with Crippen molar-refractivity contribution in [1.29, 1.82) is 0 Å². The van der Waals surface area contributed by atoms with Crippen molar-refractivity contribution in [2.24, 2.45) is 5.92 Å². The van der Waals surface area contributed by atoms with Crippen molar-refractivity contribution >= 4 is 12.0 Å². The van der Waals surface area contributed by atoms with Crippen LogP contribution in [0.4, 0.5) is 4.79 Å². The van der Waals surface area contributed by atoms with Crippen molar-refractivity contribution in [3.8, 4) is 0 Å². The first-order valence-corrected chi connectivity index (χ1v) is 6.89. The molecule has 1 saturated heterocycles. The Labute approximate surface area is 120 Å². The summed E-state index contributed by atoms with van der Waals surface area (Å²) in [6.07, 6.45) is 2.70. The molecule has 1 aliphatic rings. The summed E-state index contributed by atoms with van der Waals surface area (Å²) < 4.78 is 5.01. The predicted molar refractivity (Wildman–Crippen MR) is 75.6 cm³/mol. The van der Waals surface area contributed by atoms with E-state index >= 15 is 0 Å². The maximum Gasteiger partial charge on any atom is 0.320 e. The summed E-state index contributed by atoms with van der Waals surface area (Å²) in [5, 5.41) is 9.05. The third-order valence-electron chi connectivity index (χ3n) is 3.66. The molecule has 2 unspecified atom stereocenters. The number of carbonyl (C=O) groups is 2.